The van der Waals surface area contributed by atoms with Crippen molar-refractivity contribution in [3.8, 4) is 11.1 Å². The summed E-state index contributed by atoms with van der Waals surface area (Å²) in [6.45, 7) is 2.14. The molecule has 0 aliphatic carbocycles. The topological polar surface area (TPSA) is 30.7 Å². The zero-order valence-corrected chi connectivity index (χ0v) is 13.2. The normalized spacial score (nSPS) is 11.3. The maximum Gasteiger partial charge on any atom is 0.137 e. The van der Waals surface area contributed by atoms with Crippen LogP contribution in [0.5, 0.6) is 0 Å². The van der Waals surface area contributed by atoms with Gasteiger partial charge in [-0.2, -0.15) is 5.10 Å². The Hall–Kier alpha value is -2.27. The molecule has 0 unspecified atom stereocenters. The van der Waals surface area contributed by atoms with E-state index >= 15 is 0 Å². The number of aromatic nitrogens is 3. The predicted octanol–water partition coefficient (Wildman–Crippen LogP) is 1.84. The van der Waals surface area contributed by atoms with Crippen molar-refractivity contribution in [1.29, 1.82) is 0 Å². The molecule has 1 heterocycles. The molecule has 1 aromatic heterocycles. The minimum atomic E-state index is -0.457. The first kappa shape index (κ1) is 13.7. The van der Waals surface area contributed by atoms with Crippen LogP contribution in [-0.2, 0) is 6.17 Å². The number of benzene rings is 2. The lowest BCUT2D eigenvalue weighted by Gasteiger charge is -2.11. The maximum atomic E-state index is 13.1. The van der Waals surface area contributed by atoms with E-state index in [9.17, 15) is 4.39 Å². The van der Waals surface area contributed by atoms with Crippen LogP contribution in [-0.4, -0.2) is 24.3 Å². The van der Waals surface area contributed by atoms with Gasteiger partial charge in [0.1, 0.15) is 18.5 Å². The number of hydrogen-bond acceptors (Lipinski definition) is 2. The van der Waals surface area contributed by atoms with Crippen LogP contribution in [0.3, 0.4) is 0 Å². The summed E-state index contributed by atoms with van der Waals surface area (Å²) >= 11 is 0. The molecule has 0 radical (unpaired) electrons. The van der Waals surface area contributed by atoms with Crippen LogP contribution in [0.4, 0.5) is 4.39 Å². The van der Waals surface area contributed by atoms with Gasteiger partial charge in [-0.25, -0.2) is 9.37 Å². The Morgan fingerprint density at radius 1 is 1.14 bits per heavy atom. The molecule has 0 N–H and O–H groups in total. The van der Waals surface area contributed by atoms with E-state index in [0.29, 0.717) is 0 Å². The van der Waals surface area contributed by atoms with Crippen LogP contribution in [0, 0.1) is 12.7 Å². The van der Waals surface area contributed by atoms with Crippen LogP contribution < -0.4 is 5.19 Å². The van der Waals surface area contributed by atoms with E-state index in [0.717, 1.165) is 11.7 Å². The fourth-order valence-corrected chi connectivity index (χ4v) is 4.05. The Morgan fingerprint density at radius 3 is 2.67 bits per heavy atom. The SMILES string of the molecule is Cc1c([SiH2]Cn2cncn2)cccc1-c1ccc(F)cc1. The minimum absolute atomic E-state index is 0.201. The van der Waals surface area contributed by atoms with Gasteiger partial charge in [-0.05, 0) is 35.7 Å². The number of halogens is 1. The Kier molecular flexibility index (Phi) is 3.92. The largest absolute Gasteiger partial charge is 0.256 e. The maximum absolute atomic E-state index is 13.1. The second-order valence-corrected chi connectivity index (χ2v) is 6.71. The van der Waals surface area contributed by atoms with Crippen molar-refractivity contribution in [3.63, 3.8) is 0 Å². The van der Waals surface area contributed by atoms with E-state index in [1.165, 1.54) is 28.4 Å². The molecule has 21 heavy (non-hydrogen) atoms. The highest BCUT2D eigenvalue weighted by Gasteiger charge is 2.07. The monoisotopic (exact) mass is 297 g/mol. The van der Waals surface area contributed by atoms with Crippen molar-refractivity contribution < 1.29 is 4.39 Å². The van der Waals surface area contributed by atoms with Gasteiger partial charge in [-0.1, -0.05) is 35.5 Å². The smallest absolute Gasteiger partial charge is 0.137 e. The summed E-state index contributed by atoms with van der Waals surface area (Å²) in [6.07, 6.45) is 4.26. The lowest BCUT2D eigenvalue weighted by Crippen LogP contribution is -2.23. The molecule has 106 valence electrons. The third kappa shape index (κ3) is 3.08. The van der Waals surface area contributed by atoms with Crippen LogP contribution in [0.25, 0.3) is 11.1 Å². The highest BCUT2D eigenvalue weighted by Crippen LogP contribution is 2.22. The lowest BCUT2D eigenvalue weighted by molar-refractivity contribution is 0.628. The predicted molar refractivity (Wildman–Crippen MR) is 84.8 cm³/mol. The molecule has 0 fully saturated rings. The molecule has 0 atom stereocenters. The molecule has 5 heteroatoms. The van der Waals surface area contributed by atoms with Gasteiger partial charge in [0.15, 0.2) is 0 Å². The first-order valence-corrected chi connectivity index (χ1v) is 8.61. The van der Waals surface area contributed by atoms with E-state index in [1.54, 1.807) is 12.7 Å². The fourth-order valence-electron chi connectivity index (χ4n) is 2.48. The first-order valence-electron chi connectivity index (χ1n) is 6.91. The lowest BCUT2D eigenvalue weighted by atomic mass is 10.0. The zero-order valence-electron chi connectivity index (χ0n) is 11.8. The van der Waals surface area contributed by atoms with Crippen LogP contribution in [0.15, 0.2) is 55.1 Å². The second kappa shape index (κ2) is 6.01. The van der Waals surface area contributed by atoms with Crippen molar-refractivity contribution in [2.75, 3.05) is 0 Å². The van der Waals surface area contributed by atoms with Crippen molar-refractivity contribution >= 4 is 14.7 Å². The molecular weight excluding hydrogens is 281 g/mol. The number of hydrogen-bond donors (Lipinski definition) is 0. The van der Waals surface area contributed by atoms with Gasteiger partial charge in [0.05, 0.1) is 9.52 Å². The van der Waals surface area contributed by atoms with Gasteiger partial charge < -0.3 is 0 Å². The first-order chi connectivity index (χ1) is 10.2. The van der Waals surface area contributed by atoms with E-state index in [-0.39, 0.29) is 5.82 Å². The second-order valence-electron chi connectivity index (χ2n) is 5.01. The van der Waals surface area contributed by atoms with Crippen molar-refractivity contribution in [2.45, 2.75) is 13.1 Å². The van der Waals surface area contributed by atoms with Crippen LogP contribution >= 0.6 is 0 Å². The Bertz CT molecular complexity index is 724. The third-order valence-electron chi connectivity index (χ3n) is 3.68. The quantitative estimate of drug-likeness (QED) is 0.688. The summed E-state index contributed by atoms with van der Waals surface area (Å²) in [5, 5.41) is 5.56. The van der Waals surface area contributed by atoms with Crippen molar-refractivity contribution in [3.05, 3.63) is 66.5 Å². The van der Waals surface area contributed by atoms with Gasteiger partial charge >= 0.3 is 0 Å². The van der Waals surface area contributed by atoms with Gasteiger partial charge in [0, 0.05) is 6.17 Å². The molecule has 0 bridgehead atoms. The summed E-state index contributed by atoms with van der Waals surface area (Å²) in [5.74, 6) is -0.201. The van der Waals surface area contributed by atoms with Crippen molar-refractivity contribution in [2.24, 2.45) is 0 Å². The average Bonchev–Trinajstić information content (AvgIpc) is 3.01. The molecule has 0 amide bonds. The van der Waals surface area contributed by atoms with Gasteiger partial charge in [-0.15, -0.1) is 0 Å². The minimum Gasteiger partial charge on any atom is -0.256 e. The Balaban J connectivity index is 1.86. The van der Waals surface area contributed by atoms with E-state index in [4.69, 9.17) is 0 Å². The van der Waals surface area contributed by atoms with Gasteiger partial charge in [0.2, 0.25) is 0 Å². The molecule has 2 aromatic carbocycles. The zero-order chi connectivity index (χ0) is 14.7. The number of rotatable bonds is 4. The molecule has 0 saturated heterocycles. The molecule has 0 aliphatic heterocycles. The van der Waals surface area contributed by atoms with E-state index in [2.05, 4.69) is 35.2 Å². The standard InChI is InChI=1S/C16H16FN3Si/c1-12-15(13-5-7-14(17)8-6-13)3-2-4-16(12)21-11-20-10-18-9-19-20/h2-10H,11,21H2,1H3. The fraction of sp³-hybridized carbons (Fsp3) is 0.125. The van der Waals surface area contributed by atoms with Crippen LogP contribution in [0.2, 0.25) is 0 Å². The Labute approximate surface area is 125 Å². The molecule has 0 aliphatic rings. The van der Waals surface area contributed by atoms with E-state index < -0.39 is 9.52 Å². The third-order valence-corrected chi connectivity index (χ3v) is 5.66. The summed E-state index contributed by atoms with van der Waals surface area (Å²) in [7, 11) is -0.457. The summed E-state index contributed by atoms with van der Waals surface area (Å²) in [5.41, 5.74) is 3.53. The Morgan fingerprint density at radius 2 is 1.95 bits per heavy atom. The van der Waals surface area contributed by atoms with Gasteiger partial charge in [-0.3, -0.25) is 4.68 Å². The highest BCUT2D eigenvalue weighted by atomic mass is 28.2. The summed E-state index contributed by atoms with van der Waals surface area (Å²) < 4.78 is 14.9. The molecule has 3 aromatic rings. The molecule has 0 spiro atoms. The number of nitrogens with zero attached hydrogens (tertiary/aromatic N) is 3. The van der Waals surface area contributed by atoms with Gasteiger partial charge in [0.25, 0.3) is 0 Å². The molecule has 3 nitrogen and oxygen atoms in total. The average molecular weight is 297 g/mol. The molecule has 0 saturated carbocycles. The molecule has 3 rings (SSSR count). The molecular formula is C16H16FN3Si. The highest BCUT2D eigenvalue weighted by molar-refractivity contribution is 6.53. The van der Waals surface area contributed by atoms with Crippen LogP contribution in [0.1, 0.15) is 5.56 Å². The van der Waals surface area contributed by atoms with E-state index in [1.807, 2.05) is 16.8 Å². The van der Waals surface area contributed by atoms with Crippen molar-refractivity contribution in [1.82, 2.24) is 14.8 Å². The summed E-state index contributed by atoms with van der Waals surface area (Å²) in [6, 6.07) is 13.0. The summed E-state index contributed by atoms with van der Waals surface area (Å²) in [4.78, 5) is 3.97.